The standard InChI is InChI=1S/C22H22N8O5S2/c1-3-28-13-6-4-5-7-14(13)29(27-28)8-11-9-36-20-16(19(32)30(20)17(11)21(33)34)25-18(31)15(26-35-2)12-10-37-22(23)24-12/h4-7,10,16,20H,3,8-9H2,1-2H3,(H3-,23,24,25,31,33,34)/b26-15-/t16-,20-/m1/s1. The number of thiazole rings is 1. The molecule has 0 radical (unpaired) electrons. The fourth-order valence-corrected chi connectivity index (χ4v) is 6.24. The van der Waals surface area contributed by atoms with Crippen molar-refractivity contribution in [2.75, 3.05) is 18.6 Å². The first-order valence-electron chi connectivity index (χ1n) is 11.2. The molecule has 2 aromatic heterocycles. The number of anilines is 1. The third-order valence-electron chi connectivity index (χ3n) is 5.98. The van der Waals surface area contributed by atoms with Gasteiger partial charge in [-0.05, 0) is 19.1 Å². The highest BCUT2D eigenvalue weighted by molar-refractivity contribution is 8.00. The Morgan fingerprint density at radius 1 is 1.38 bits per heavy atom. The Labute approximate surface area is 218 Å². The van der Waals surface area contributed by atoms with Crippen LogP contribution in [0.3, 0.4) is 0 Å². The number of carboxylic acids is 1. The van der Waals surface area contributed by atoms with E-state index in [4.69, 9.17) is 10.6 Å². The van der Waals surface area contributed by atoms with Gasteiger partial charge in [0.05, 0.1) is 16.9 Å². The first-order valence-corrected chi connectivity index (χ1v) is 13.1. The number of aliphatic carboxylic acids is 1. The minimum atomic E-state index is -1.46. The fraction of sp³-hybridized carbons (Fsp3) is 0.318. The molecule has 2 aliphatic heterocycles. The summed E-state index contributed by atoms with van der Waals surface area (Å²) in [4.78, 5) is 48.1. The van der Waals surface area contributed by atoms with Crippen LogP contribution in [0.2, 0.25) is 0 Å². The summed E-state index contributed by atoms with van der Waals surface area (Å²) in [5.74, 6) is -2.40. The molecule has 0 saturated carbocycles. The molecule has 0 bridgehead atoms. The van der Waals surface area contributed by atoms with E-state index in [0.29, 0.717) is 17.9 Å². The second kappa shape index (κ2) is 9.82. The van der Waals surface area contributed by atoms with Gasteiger partial charge in [-0.2, -0.15) is 0 Å². The minimum absolute atomic E-state index is 0.145. The van der Waals surface area contributed by atoms with Crippen LogP contribution in [0.15, 0.2) is 46.1 Å². The fourth-order valence-electron chi connectivity index (χ4n) is 4.35. The molecule has 1 fully saturated rings. The number of nitrogens with two attached hydrogens (primary N) is 1. The van der Waals surface area contributed by atoms with E-state index in [0.717, 1.165) is 27.3 Å². The molecule has 0 aliphatic carbocycles. The first kappa shape index (κ1) is 24.7. The number of carboxylic acid groups (broad SMARTS) is 1. The molecule has 5 rings (SSSR count). The van der Waals surface area contributed by atoms with E-state index in [9.17, 15) is 19.5 Å². The third-order valence-corrected chi connectivity index (χ3v) is 8.00. The molecule has 3 aromatic rings. The van der Waals surface area contributed by atoms with Crippen LogP contribution in [0.4, 0.5) is 5.13 Å². The van der Waals surface area contributed by atoms with Crippen molar-refractivity contribution < 1.29 is 29.0 Å². The Morgan fingerprint density at radius 2 is 2.16 bits per heavy atom. The number of hydrogen-bond donors (Lipinski definition) is 2. The normalized spacial score (nSPS) is 19.6. The van der Waals surface area contributed by atoms with Crippen LogP contribution < -0.4 is 20.8 Å². The Kier molecular flexibility index (Phi) is 6.55. The molecule has 15 heteroatoms. The molecule has 0 spiro atoms. The van der Waals surface area contributed by atoms with Crippen molar-refractivity contribution in [2.24, 2.45) is 5.16 Å². The molecule has 2 amide bonds. The highest BCUT2D eigenvalue weighted by Crippen LogP contribution is 2.40. The smallest absolute Gasteiger partial charge is 0.276 e. The number of nitrogen functional groups attached to an aromatic ring is 1. The van der Waals surface area contributed by atoms with Crippen molar-refractivity contribution in [3.8, 4) is 0 Å². The van der Waals surface area contributed by atoms with Crippen molar-refractivity contribution in [3.63, 3.8) is 0 Å². The Bertz CT molecular complexity index is 1480. The molecule has 2 atom stereocenters. The minimum Gasteiger partial charge on any atom is -0.543 e. The molecule has 2 aliphatic rings. The van der Waals surface area contributed by atoms with E-state index in [1.54, 1.807) is 10.1 Å². The average molecular weight is 543 g/mol. The van der Waals surface area contributed by atoms with Crippen LogP contribution in [0.1, 0.15) is 12.6 Å². The number of aromatic nitrogens is 4. The molecule has 3 N–H and O–H groups in total. The SMILES string of the molecule is CCn1n[n+](CC2=C(C(=O)[O-])N3C(=O)[C@@H](NC(=O)/C(=N\OC)c4csc(N)n4)[C@H]3SC2)c2ccccc21. The van der Waals surface area contributed by atoms with E-state index in [1.165, 1.54) is 18.9 Å². The zero-order valence-corrected chi connectivity index (χ0v) is 21.4. The van der Waals surface area contributed by atoms with Crippen LogP contribution in [0.5, 0.6) is 0 Å². The molecule has 13 nitrogen and oxygen atoms in total. The predicted octanol–water partition coefficient (Wildman–Crippen LogP) is -1.16. The molecule has 4 heterocycles. The van der Waals surface area contributed by atoms with Crippen molar-refractivity contribution in [1.29, 1.82) is 0 Å². The zero-order chi connectivity index (χ0) is 26.3. The number of hydrogen-bond acceptors (Lipinski definition) is 11. The number of thioether (sulfide) groups is 1. The topological polar surface area (TPSA) is 172 Å². The number of nitrogens with one attached hydrogen (secondary N) is 1. The molecule has 0 unspecified atom stereocenters. The summed E-state index contributed by atoms with van der Waals surface area (Å²) in [7, 11) is 1.28. The highest BCUT2D eigenvalue weighted by atomic mass is 32.2. The number of carbonyl (C=O) groups is 3. The maximum absolute atomic E-state index is 13.1. The molecule has 37 heavy (non-hydrogen) atoms. The van der Waals surface area contributed by atoms with Gasteiger partial charge in [-0.3, -0.25) is 14.5 Å². The quantitative estimate of drug-likeness (QED) is 0.154. The van der Waals surface area contributed by atoms with Crippen LogP contribution >= 0.6 is 23.1 Å². The number of rotatable bonds is 8. The molecule has 1 saturated heterocycles. The zero-order valence-electron chi connectivity index (χ0n) is 19.8. The molecule has 192 valence electrons. The summed E-state index contributed by atoms with van der Waals surface area (Å²) in [6.45, 7) is 2.79. The van der Waals surface area contributed by atoms with Gasteiger partial charge in [-0.1, -0.05) is 17.3 Å². The van der Waals surface area contributed by atoms with Crippen LogP contribution in [0.25, 0.3) is 11.0 Å². The lowest BCUT2D eigenvalue weighted by Gasteiger charge is -2.50. The van der Waals surface area contributed by atoms with Crippen molar-refractivity contribution in [3.05, 3.63) is 46.6 Å². The van der Waals surface area contributed by atoms with Crippen molar-refractivity contribution in [1.82, 2.24) is 25.1 Å². The lowest BCUT2D eigenvalue weighted by atomic mass is 10.0. The van der Waals surface area contributed by atoms with Gasteiger partial charge in [-0.25, -0.2) is 4.98 Å². The average Bonchev–Trinajstić information content (AvgIpc) is 3.48. The second-order valence-electron chi connectivity index (χ2n) is 8.15. The number of fused-ring (bicyclic) bond motifs is 2. The molecular weight excluding hydrogens is 520 g/mol. The van der Waals surface area contributed by atoms with Crippen molar-refractivity contribution in [2.45, 2.75) is 31.4 Å². The van der Waals surface area contributed by atoms with E-state index in [1.807, 2.05) is 35.9 Å². The second-order valence-corrected chi connectivity index (χ2v) is 10.1. The lowest BCUT2D eigenvalue weighted by Crippen LogP contribution is -2.71. The summed E-state index contributed by atoms with van der Waals surface area (Å²) in [6, 6.07) is 6.68. The van der Waals surface area contributed by atoms with E-state index in [-0.39, 0.29) is 28.8 Å². The van der Waals surface area contributed by atoms with Gasteiger partial charge in [0.25, 0.3) is 11.8 Å². The van der Waals surface area contributed by atoms with Gasteiger partial charge >= 0.3 is 0 Å². The maximum atomic E-state index is 13.1. The Balaban J connectivity index is 1.39. The van der Waals surface area contributed by atoms with E-state index < -0.39 is 29.2 Å². The van der Waals surface area contributed by atoms with Crippen LogP contribution in [-0.2, 0) is 32.3 Å². The summed E-state index contributed by atoms with van der Waals surface area (Å²) in [6.07, 6.45) is 0. The van der Waals surface area contributed by atoms with Crippen LogP contribution in [0, 0.1) is 0 Å². The number of amides is 2. The van der Waals surface area contributed by atoms with Gasteiger partial charge in [0, 0.05) is 16.7 Å². The monoisotopic (exact) mass is 542 g/mol. The van der Waals surface area contributed by atoms with Gasteiger partial charge in [-0.15, -0.1) is 32.5 Å². The highest BCUT2D eigenvalue weighted by Gasteiger charge is 2.53. The number of carbonyl (C=O) groups excluding carboxylic acids is 3. The number of oxime groups is 1. The number of β-lactam (4-membered cyclic amide) rings is 1. The van der Waals surface area contributed by atoms with Gasteiger partial charge in [0.2, 0.25) is 0 Å². The number of benzene rings is 1. The lowest BCUT2D eigenvalue weighted by molar-refractivity contribution is -0.725. The summed E-state index contributed by atoms with van der Waals surface area (Å²) >= 11 is 2.47. The molecule has 1 aromatic carbocycles. The largest absolute Gasteiger partial charge is 0.543 e. The number of nitrogens with zero attached hydrogens (tertiary/aromatic N) is 6. The summed E-state index contributed by atoms with van der Waals surface area (Å²) in [5.41, 5.74) is 7.77. The molecular formula is C22H22N8O5S2. The number of aryl methyl sites for hydroxylation is 1. The Hall–Kier alpha value is -3.98. The van der Waals surface area contributed by atoms with Crippen LogP contribution in [-0.4, -0.2) is 67.6 Å². The van der Waals surface area contributed by atoms with Crippen molar-refractivity contribution >= 4 is 62.8 Å². The number of para-hydroxylation sites is 2. The third kappa shape index (κ3) is 4.29. The van der Waals surface area contributed by atoms with Gasteiger partial charge in [0.1, 0.15) is 37.3 Å². The Morgan fingerprint density at radius 3 is 2.84 bits per heavy atom. The van der Waals surface area contributed by atoms with E-state index in [2.05, 4.69) is 20.7 Å². The maximum Gasteiger partial charge on any atom is 0.276 e. The summed E-state index contributed by atoms with van der Waals surface area (Å²) < 4.78 is 3.54. The van der Waals surface area contributed by atoms with E-state index >= 15 is 0 Å². The van der Waals surface area contributed by atoms with Gasteiger partial charge < -0.3 is 25.8 Å². The first-order chi connectivity index (χ1) is 17.8. The summed E-state index contributed by atoms with van der Waals surface area (Å²) in [5, 5.41) is 24.3. The predicted molar refractivity (Wildman–Crippen MR) is 133 cm³/mol. The van der Waals surface area contributed by atoms with Gasteiger partial charge in [0.15, 0.2) is 21.9 Å².